The topological polar surface area (TPSA) is 20.3 Å². The molecular weight excluding hydrogens is 290 g/mol. The van der Waals surface area contributed by atoms with Crippen molar-refractivity contribution >= 4 is 33.5 Å². The molecule has 18 heavy (non-hydrogen) atoms. The lowest BCUT2D eigenvalue weighted by Gasteiger charge is -2.15. The number of hydrogen-bond acceptors (Lipinski definition) is 2. The average molecular weight is 310 g/mol. The van der Waals surface area contributed by atoms with Gasteiger partial charge in [-0.2, -0.15) is 0 Å². The van der Waals surface area contributed by atoms with Gasteiger partial charge in [-0.1, -0.05) is 32.9 Å². The number of rotatable bonds is 3. The molecule has 0 radical (unpaired) electrons. The Morgan fingerprint density at radius 3 is 2.33 bits per heavy atom. The summed E-state index contributed by atoms with van der Waals surface area (Å²) in [7, 11) is 4.00. The second-order valence-electron chi connectivity index (χ2n) is 5.55. The van der Waals surface area contributed by atoms with E-state index in [4.69, 9.17) is 0 Å². The Balaban J connectivity index is 2.91. The van der Waals surface area contributed by atoms with Crippen LogP contribution in [-0.2, 0) is 4.79 Å². The van der Waals surface area contributed by atoms with E-state index in [-0.39, 0.29) is 11.2 Å². The monoisotopic (exact) mass is 309 g/mol. The number of nitrogens with zero attached hydrogens (tertiary/aromatic N) is 1. The van der Waals surface area contributed by atoms with Crippen molar-refractivity contribution in [2.45, 2.75) is 20.8 Å². The van der Waals surface area contributed by atoms with Gasteiger partial charge in [0.25, 0.3) is 0 Å². The molecule has 0 aromatic heterocycles. The third-order valence-corrected chi connectivity index (χ3v) is 3.26. The summed E-state index contributed by atoms with van der Waals surface area (Å²) in [6.45, 7) is 5.76. The van der Waals surface area contributed by atoms with Crippen LogP contribution in [0.1, 0.15) is 26.3 Å². The molecule has 0 amide bonds. The van der Waals surface area contributed by atoms with Crippen LogP contribution in [0, 0.1) is 5.41 Å². The molecule has 0 unspecified atom stereocenters. The third kappa shape index (κ3) is 3.98. The van der Waals surface area contributed by atoms with Crippen LogP contribution in [0.25, 0.3) is 6.08 Å². The molecule has 0 aliphatic rings. The zero-order chi connectivity index (χ0) is 13.9. The Hall–Kier alpha value is -1.09. The highest BCUT2D eigenvalue weighted by atomic mass is 79.9. The maximum Gasteiger partial charge on any atom is 0.161 e. The van der Waals surface area contributed by atoms with E-state index in [2.05, 4.69) is 15.9 Å². The van der Waals surface area contributed by atoms with Gasteiger partial charge in [0.2, 0.25) is 0 Å². The van der Waals surface area contributed by atoms with Gasteiger partial charge in [0.1, 0.15) is 0 Å². The van der Waals surface area contributed by atoms with Crippen LogP contribution >= 0.6 is 15.9 Å². The van der Waals surface area contributed by atoms with Gasteiger partial charge >= 0.3 is 0 Å². The number of benzene rings is 1. The summed E-state index contributed by atoms with van der Waals surface area (Å²) >= 11 is 3.53. The molecular formula is C15H20BrNO. The minimum Gasteiger partial charge on any atom is -0.377 e. The average Bonchev–Trinajstić information content (AvgIpc) is 2.24. The van der Waals surface area contributed by atoms with Crippen molar-refractivity contribution < 1.29 is 4.79 Å². The highest BCUT2D eigenvalue weighted by Crippen LogP contribution is 2.26. The molecule has 1 rings (SSSR count). The number of hydrogen-bond donors (Lipinski definition) is 0. The molecule has 2 nitrogen and oxygen atoms in total. The molecule has 0 heterocycles. The van der Waals surface area contributed by atoms with Crippen LogP contribution in [-0.4, -0.2) is 19.9 Å². The van der Waals surface area contributed by atoms with Gasteiger partial charge in [0.15, 0.2) is 5.78 Å². The van der Waals surface area contributed by atoms with Crippen molar-refractivity contribution in [2.24, 2.45) is 5.41 Å². The summed E-state index contributed by atoms with van der Waals surface area (Å²) in [4.78, 5) is 13.8. The molecule has 1 aromatic rings. The summed E-state index contributed by atoms with van der Waals surface area (Å²) in [6.07, 6.45) is 3.51. The van der Waals surface area contributed by atoms with Crippen molar-refractivity contribution in [3.63, 3.8) is 0 Å². The van der Waals surface area contributed by atoms with E-state index in [1.807, 2.05) is 64.0 Å². The first kappa shape index (κ1) is 15.0. The van der Waals surface area contributed by atoms with Crippen molar-refractivity contribution in [1.29, 1.82) is 0 Å². The lowest BCUT2D eigenvalue weighted by Crippen LogP contribution is -2.17. The number of carbonyl (C=O) groups is 1. The van der Waals surface area contributed by atoms with Crippen molar-refractivity contribution in [3.05, 3.63) is 34.3 Å². The van der Waals surface area contributed by atoms with Crippen molar-refractivity contribution in [2.75, 3.05) is 19.0 Å². The van der Waals surface area contributed by atoms with Crippen molar-refractivity contribution in [3.8, 4) is 0 Å². The Morgan fingerprint density at radius 2 is 1.89 bits per heavy atom. The van der Waals surface area contributed by atoms with Crippen LogP contribution in [0.3, 0.4) is 0 Å². The molecule has 0 bridgehead atoms. The molecule has 3 heteroatoms. The fraction of sp³-hybridized carbons (Fsp3) is 0.400. The third-order valence-electron chi connectivity index (χ3n) is 2.62. The van der Waals surface area contributed by atoms with E-state index >= 15 is 0 Å². The number of allylic oxidation sites excluding steroid dienone is 1. The van der Waals surface area contributed by atoms with E-state index in [9.17, 15) is 4.79 Å². The SMILES string of the molecule is CN(C)c1ccc(/C=C\C(=O)C(C)(C)C)cc1Br. The van der Waals surface area contributed by atoms with Gasteiger partial charge in [-0.25, -0.2) is 0 Å². The molecule has 0 aliphatic heterocycles. The summed E-state index contributed by atoms with van der Waals surface area (Å²) < 4.78 is 1.03. The predicted octanol–water partition coefficient (Wildman–Crippen LogP) is 4.14. The van der Waals surface area contributed by atoms with E-state index < -0.39 is 0 Å². The van der Waals surface area contributed by atoms with E-state index in [0.29, 0.717) is 0 Å². The molecule has 98 valence electrons. The molecule has 0 spiro atoms. The second-order valence-corrected chi connectivity index (χ2v) is 6.41. The van der Waals surface area contributed by atoms with E-state index in [1.54, 1.807) is 6.08 Å². The smallest absolute Gasteiger partial charge is 0.161 e. The predicted molar refractivity (Wildman–Crippen MR) is 82.0 cm³/mol. The molecule has 0 saturated heterocycles. The van der Waals surface area contributed by atoms with E-state index in [1.165, 1.54) is 0 Å². The highest BCUT2D eigenvalue weighted by Gasteiger charge is 2.17. The molecule has 1 aromatic carbocycles. The highest BCUT2D eigenvalue weighted by molar-refractivity contribution is 9.10. The summed E-state index contributed by atoms with van der Waals surface area (Å²) in [6, 6.07) is 6.06. The molecule has 0 atom stereocenters. The standard InChI is InChI=1S/C15H20BrNO/c1-15(2,3)14(18)9-7-11-6-8-13(17(4)5)12(16)10-11/h6-10H,1-5H3/b9-7-. The number of anilines is 1. The van der Waals surface area contributed by atoms with E-state index in [0.717, 1.165) is 15.7 Å². The molecule has 0 N–H and O–H groups in total. The Labute approximate surface area is 118 Å². The van der Waals surface area contributed by atoms with Gasteiger partial charge in [0, 0.05) is 24.0 Å². The number of carbonyl (C=O) groups excluding carboxylic acids is 1. The summed E-state index contributed by atoms with van der Waals surface area (Å²) in [5, 5.41) is 0. The normalized spacial score (nSPS) is 11.9. The lowest BCUT2D eigenvalue weighted by atomic mass is 9.90. The van der Waals surface area contributed by atoms with Crippen LogP contribution < -0.4 is 4.90 Å². The van der Waals surface area contributed by atoms with Crippen LogP contribution in [0.15, 0.2) is 28.7 Å². The lowest BCUT2D eigenvalue weighted by molar-refractivity contribution is -0.121. The van der Waals surface area contributed by atoms with Crippen molar-refractivity contribution in [1.82, 2.24) is 0 Å². The Kier molecular flexibility index (Phi) is 4.74. The zero-order valence-corrected chi connectivity index (χ0v) is 13.2. The first-order valence-electron chi connectivity index (χ1n) is 5.91. The molecule has 0 aliphatic carbocycles. The zero-order valence-electron chi connectivity index (χ0n) is 11.6. The van der Waals surface area contributed by atoms with Crippen LogP contribution in [0.5, 0.6) is 0 Å². The molecule has 0 saturated carbocycles. The van der Waals surface area contributed by atoms with Gasteiger partial charge in [-0.15, -0.1) is 0 Å². The first-order valence-corrected chi connectivity index (χ1v) is 6.70. The fourth-order valence-corrected chi connectivity index (χ4v) is 2.16. The number of ketones is 1. The maximum atomic E-state index is 11.8. The molecule has 0 fully saturated rings. The van der Waals surface area contributed by atoms with Crippen LogP contribution in [0.2, 0.25) is 0 Å². The maximum absolute atomic E-state index is 11.8. The summed E-state index contributed by atoms with van der Waals surface area (Å²) in [5.41, 5.74) is 1.82. The van der Waals surface area contributed by atoms with Gasteiger partial charge in [-0.05, 0) is 39.7 Å². The number of halogens is 1. The summed E-state index contributed by atoms with van der Waals surface area (Å²) in [5.74, 6) is 0.135. The second kappa shape index (κ2) is 5.70. The Bertz CT molecular complexity index is 470. The van der Waals surface area contributed by atoms with Gasteiger partial charge in [-0.3, -0.25) is 4.79 Å². The fourth-order valence-electron chi connectivity index (χ4n) is 1.41. The van der Waals surface area contributed by atoms with Gasteiger partial charge in [0.05, 0.1) is 5.69 Å². The quantitative estimate of drug-likeness (QED) is 0.782. The first-order chi connectivity index (χ1) is 8.21. The Morgan fingerprint density at radius 1 is 1.28 bits per heavy atom. The largest absolute Gasteiger partial charge is 0.377 e. The van der Waals surface area contributed by atoms with Gasteiger partial charge < -0.3 is 4.90 Å². The minimum absolute atomic E-state index is 0.135. The van der Waals surface area contributed by atoms with Crippen LogP contribution in [0.4, 0.5) is 5.69 Å². The minimum atomic E-state index is -0.322.